The number of carbonyl (C=O) groups excluding carboxylic acids is 1. The van der Waals surface area contributed by atoms with E-state index >= 15 is 0 Å². The maximum absolute atomic E-state index is 11.7. The van der Waals surface area contributed by atoms with Gasteiger partial charge in [0.05, 0.1) is 5.69 Å². The van der Waals surface area contributed by atoms with E-state index in [0.717, 1.165) is 5.06 Å². The van der Waals surface area contributed by atoms with Gasteiger partial charge >= 0.3 is 0 Å². The monoisotopic (exact) mass is 277 g/mol. The number of hydrogen-bond acceptors (Lipinski definition) is 6. The number of carbonyl (C=O) groups is 1. The minimum atomic E-state index is -0.483. The molecule has 1 aromatic carbocycles. The van der Waals surface area contributed by atoms with Gasteiger partial charge in [0.15, 0.2) is 11.5 Å². The third-order valence-electron chi connectivity index (χ3n) is 2.33. The van der Waals surface area contributed by atoms with Crippen molar-refractivity contribution in [1.29, 1.82) is 0 Å². The van der Waals surface area contributed by atoms with Crippen LogP contribution in [0.1, 0.15) is 10.5 Å². The fraction of sp³-hybridized carbons (Fsp3) is 0.0909. The standard InChI is InChI=1S/C11H11N5O2S/c1-12-10(17)8-9(13-11(19)15-14-8)16(18)7-5-3-2-4-6-7/h2-6,18H,1H3,(H,12,17)(H,13,15,19). The Labute approximate surface area is 113 Å². The molecule has 1 heterocycles. The number of aromatic amines is 1. The van der Waals surface area contributed by atoms with Crippen LogP contribution in [-0.2, 0) is 0 Å². The third-order valence-corrected chi connectivity index (χ3v) is 2.51. The van der Waals surface area contributed by atoms with Crippen LogP contribution >= 0.6 is 12.2 Å². The maximum Gasteiger partial charge on any atom is 0.275 e. The van der Waals surface area contributed by atoms with Gasteiger partial charge in [0.25, 0.3) is 5.91 Å². The first-order valence-electron chi connectivity index (χ1n) is 5.36. The highest BCUT2D eigenvalue weighted by atomic mass is 32.1. The van der Waals surface area contributed by atoms with Crippen LogP contribution in [0.3, 0.4) is 0 Å². The molecule has 3 N–H and O–H groups in total. The van der Waals surface area contributed by atoms with Crippen LogP contribution in [0, 0.1) is 4.77 Å². The average molecular weight is 277 g/mol. The van der Waals surface area contributed by atoms with Crippen molar-refractivity contribution in [2.24, 2.45) is 0 Å². The Morgan fingerprint density at radius 1 is 1.42 bits per heavy atom. The zero-order valence-corrected chi connectivity index (χ0v) is 10.8. The summed E-state index contributed by atoms with van der Waals surface area (Å²) in [6.07, 6.45) is 0. The van der Waals surface area contributed by atoms with Gasteiger partial charge in [0.1, 0.15) is 0 Å². The molecule has 0 radical (unpaired) electrons. The fourth-order valence-corrected chi connectivity index (χ4v) is 1.57. The summed E-state index contributed by atoms with van der Waals surface area (Å²) >= 11 is 4.85. The number of amides is 1. The largest absolute Gasteiger partial charge is 0.354 e. The van der Waals surface area contributed by atoms with Crippen LogP contribution in [0.25, 0.3) is 0 Å². The van der Waals surface area contributed by atoms with Crippen molar-refractivity contribution < 1.29 is 10.0 Å². The molecule has 7 nitrogen and oxygen atoms in total. The first-order chi connectivity index (χ1) is 9.13. The van der Waals surface area contributed by atoms with Gasteiger partial charge in [0, 0.05) is 7.05 Å². The molecule has 0 aliphatic carbocycles. The van der Waals surface area contributed by atoms with Gasteiger partial charge in [0.2, 0.25) is 4.77 Å². The highest BCUT2D eigenvalue weighted by Gasteiger charge is 2.19. The predicted octanol–water partition coefficient (Wildman–Crippen LogP) is 1.42. The second kappa shape index (κ2) is 5.55. The fourth-order valence-electron chi connectivity index (χ4n) is 1.44. The highest BCUT2D eigenvalue weighted by Crippen LogP contribution is 2.22. The Balaban J connectivity index is 2.52. The highest BCUT2D eigenvalue weighted by molar-refractivity contribution is 7.71. The average Bonchev–Trinajstić information content (AvgIpc) is 2.46. The van der Waals surface area contributed by atoms with E-state index in [0.29, 0.717) is 5.69 Å². The number of para-hydroxylation sites is 1. The molecule has 2 aromatic rings. The second-order valence-corrected chi connectivity index (χ2v) is 3.93. The molecule has 0 aliphatic heterocycles. The summed E-state index contributed by atoms with van der Waals surface area (Å²) in [5.41, 5.74) is 0.394. The second-order valence-electron chi connectivity index (χ2n) is 3.54. The van der Waals surface area contributed by atoms with E-state index < -0.39 is 5.91 Å². The molecule has 0 bridgehead atoms. The van der Waals surface area contributed by atoms with Crippen molar-refractivity contribution in [3.63, 3.8) is 0 Å². The number of aromatic nitrogens is 3. The summed E-state index contributed by atoms with van der Waals surface area (Å²) in [6.45, 7) is 0. The molecule has 0 saturated carbocycles. The lowest BCUT2D eigenvalue weighted by atomic mass is 10.3. The lowest BCUT2D eigenvalue weighted by Gasteiger charge is -2.17. The molecule has 0 spiro atoms. The Morgan fingerprint density at radius 2 is 2.11 bits per heavy atom. The minimum Gasteiger partial charge on any atom is -0.354 e. The number of anilines is 2. The normalized spacial score (nSPS) is 10.0. The van der Waals surface area contributed by atoms with Crippen LogP contribution in [-0.4, -0.2) is 33.3 Å². The Bertz CT molecular complexity index is 643. The molecule has 2 rings (SSSR count). The van der Waals surface area contributed by atoms with E-state index in [1.165, 1.54) is 7.05 Å². The quantitative estimate of drug-likeness (QED) is 0.580. The summed E-state index contributed by atoms with van der Waals surface area (Å²) in [5, 5.41) is 19.5. The molecule has 0 fully saturated rings. The molecule has 0 atom stereocenters. The van der Waals surface area contributed by atoms with Crippen LogP contribution in [0.2, 0.25) is 0 Å². The molecular formula is C11H11N5O2S. The van der Waals surface area contributed by atoms with E-state index in [4.69, 9.17) is 12.2 Å². The summed E-state index contributed by atoms with van der Waals surface area (Å²) in [6, 6.07) is 8.62. The van der Waals surface area contributed by atoms with Crippen LogP contribution < -0.4 is 10.4 Å². The first kappa shape index (κ1) is 13.1. The molecule has 1 amide bonds. The molecule has 1 aromatic heterocycles. The van der Waals surface area contributed by atoms with E-state index in [2.05, 4.69) is 20.5 Å². The van der Waals surface area contributed by atoms with Crippen LogP contribution in [0.15, 0.2) is 30.3 Å². The molecule has 98 valence electrons. The van der Waals surface area contributed by atoms with Crippen molar-refractivity contribution in [2.75, 3.05) is 12.1 Å². The molecule has 19 heavy (non-hydrogen) atoms. The maximum atomic E-state index is 11.7. The van der Waals surface area contributed by atoms with Crippen molar-refractivity contribution in [2.45, 2.75) is 0 Å². The summed E-state index contributed by atoms with van der Waals surface area (Å²) in [4.78, 5) is 15.6. The van der Waals surface area contributed by atoms with E-state index in [1.807, 2.05) is 0 Å². The lowest BCUT2D eigenvalue weighted by molar-refractivity contribution is 0.0955. The number of H-pyrrole nitrogens is 1. The summed E-state index contributed by atoms with van der Waals surface area (Å²) in [5.74, 6) is -0.516. The topological polar surface area (TPSA) is 94.1 Å². The van der Waals surface area contributed by atoms with Gasteiger partial charge in [-0.2, -0.15) is 10.1 Å². The number of nitrogens with zero attached hydrogens (tertiary/aromatic N) is 3. The Morgan fingerprint density at radius 3 is 2.74 bits per heavy atom. The third kappa shape index (κ3) is 2.75. The van der Waals surface area contributed by atoms with Gasteiger partial charge in [-0.05, 0) is 24.4 Å². The number of hydrogen-bond donors (Lipinski definition) is 3. The van der Waals surface area contributed by atoms with Crippen molar-refractivity contribution >= 4 is 29.6 Å². The molecule has 8 heteroatoms. The summed E-state index contributed by atoms with van der Waals surface area (Å²) in [7, 11) is 1.46. The SMILES string of the molecule is CNC(=O)c1n[nH]c(=S)nc1N(O)c1ccccc1. The predicted molar refractivity (Wildman–Crippen MR) is 71.0 cm³/mol. The van der Waals surface area contributed by atoms with Crippen LogP contribution in [0.5, 0.6) is 0 Å². The van der Waals surface area contributed by atoms with Crippen molar-refractivity contribution in [3.05, 3.63) is 40.8 Å². The number of benzene rings is 1. The van der Waals surface area contributed by atoms with Gasteiger partial charge < -0.3 is 5.32 Å². The molecule has 0 unspecified atom stereocenters. The van der Waals surface area contributed by atoms with E-state index in [1.54, 1.807) is 30.3 Å². The summed E-state index contributed by atoms with van der Waals surface area (Å²) < 4.78 is 0.0673. The molecular weight excluding hydrogens is 266 g/mol. The molecule has 0 aliphatic rings. The number of rotatable bonds is 3. The Hall–Kier alpha value is -2.32. The first-order valence-corrected chi connectivity index (χ1v) is 5.77. The smallest absolute Gasteiger partial charge is 0.275 e. The van der Waals surface area contributed by atoms with Crippen molar-refractivity contribution in [3.8, 4) is 0 Å². The minimum absolute atomic E-state index is 0.0331. The Kier molecular flexibility index (Phi) is 3.83. The number of nitrogens with one attached hydrogen (secondary N) is 2. The van der Waals surface area contributed by atoms with Gasteiger partial charge in [-0.3, -0.25) is 15.1 Å². The zero-order chi connectivity index (χ0) is 13.8. The van der Waals surface area contributed by atoms with Gasteiger partial charge in [-0.25, -0.2) is 5.06 Å². The van der Waals surface area contributed by atoms with Crippen molar-refractivity contribution in [1.82, 2.24) is 20.5 Å². The van der Waals surface area contributed by atoms with E-state index in [-0.39, 0.29) is 16.3 Å². The molecule has 0 saturated heterocycles. The van der Waals surface area contributed by atoms with Crippen LogP contribution in [0.4, 0.5) is 11.5 Å². The lowest BCUT2D eigenvalue weighted by Crippen LogP contribution is -2.25. The van der Waals surface area contributed by atoms with E-state index in [9.17, 15) is 10.0 Å². The van der Waals surface area contributed by atoms with Gasteiger partial charge in [-0.15, -0.1) is 0 Å². The van der Waals surface area contributed by atoms with Gasteiger partial charge in [-0.1, -0.05) is 18.2 Å². The zero-order valence-electron chi connectivity index (χ0n) is 9.99.